The summed E-state index contributed by atoms with van der Waals surface area (Å²) < 4.78 is 0. The van der Waals surface area contributed by atoms with E-state index in [9.17, 15) is 15.3 Å². The zero-order valence-corrected chi connectivity index (χ0v) is 17.3. The first-order valence-electron chi connectivity index (χ1n) is 10.6. The molecule has 0 amide bonds. The Morgan fingerprint density at radius 3 is 1.68 bits per heavy atom. The van der Waals surface area contributed by atoms with Gasteiger partial charge in [-0.3, -0.25) is 0 Å². The Morgan fingerprint density at radius 2 is 1.06 bits per heavy atom. The quantitative estimate of drug-likeness (QED) is 0.316. The molecule has 3 heteroatoms. The van der Waals surface area contributed by atoms with Crippen molar-refractivity contribution in [1.29, 1.82) is 0 Å². The van der Waals surface area contributed by atoms with Crippen LogP contribution >= 0.6 is 0 Å². The predicted molar refractivity (Wildman–Crippen MR) is 125 cm³/mol. The van der Waals surface area contributed by atoms with Gasteiger partial charge in [-0.2, -0.15) is 0 Å². The summed E-state index contributed by atoms with van der Waals surface area (Å²) in [6.07, 6.45) is 3.54. The smallest absolute Gasteiger partial charge is 0.201 e. The second-order valence-electron chi connectivity index (χ2n) is 7.83. The van der Waals surface area contributed by atoms with Crippen molar-refractivity contribution < 1.29 is 15.3 Å². The van der Waals surface area contributed by atoms with Crippen molar-refractivity contribution in [1.82, 2.24) is 0 Å². The van der Waals surface area contributed by atoms with Crippen molar-refractivity contribution in [2.75, 3.05) is 0 Å². The Kier molecular flexibility index (Phi) is 6.23. The van der Waals surface area contributed by atoms with Crippen LogP contribution in [0.15, 0.2) is 91.0 Å². The lowest BCUT2D eigenvalue weighted by Crippen LogP contribution is -1.93. The number of phenolic OH excluding ortho intramolecular Hbond substituents is 3. The largest absolute Gasteiger partial charge is 0.504 e. The van der Waals surface area contributed by atoms with Crippen LogP contribution in [-0.4, -0.2) is 15.3 Å². The lowest BCUT2D eigenvalue weighted by Gasteiger charge is -2.13. The number of benzene rings is 4. The first-order chi connectivity index (χ1) is 15.1. The van der Waals surface area contributed by atoms with Gasteiger partial charge in [-0.25, -0.2) is 0 Å². The van der Waals surface area contributed by atoms with E-state index in [4.69, 9.17) is 0 Å². The summed E-state index contributed by atoms with van der Waals surface area (Å²) in [5, 5.41) is 31.1. The molecule has 0 unspecified atom stereocenters. The van der Waals surface area contributed by atoms with E-state index in [-0.39, 0.29) is 11.5 Å². The molecule has 0 saturated heterocycles. The topological polar surface area (TPSA) is 60.7 Å². The van der Waals surface area contributed by atoms with Crippen molar-refractivity contribution in [2.45, 2.75) is 25.7 Å². The van der Waals surface area contributed by atoms with Gasteiger partial charge in [0.25, 0.3) is 0 Å². The standard InChI is InChI=1S/C28H26O3/c29-26-24(18-22-10-5-2-6-11-22)19-25(27(30)28(26)31)23-16-14-21(15-17-23)13-7-12-20-8-3-1-4-9-20/h1-6,8-11,14-17,19,29-31H,7,12-13,18H2. The average Bonchev–Trinajstić information content (AvgIpc) is 2.81. The molecule has 4 aromatic carbocycles. The number of hydrogen-bond donors (Lipinski definition) is 3. The van der Waals surface area contributed by atoms with E-state index >= 15 is 0 Å². The van der Waals surface area contributed by atoms with Crippen LogP contribution < -0.4 is 0 Å². The number of hydrogen-bond acceptors (Lipinski definition) is 3. The zero-order valence-electron chi connectivity index (χ0n) is 17.3. The molecule has 0 aliphatic carbocycles. The summed E-state index contributed by atoms with van der Waals surface area (Å²) in [5.41, 5.74) is 5.47. The third kappa shape index (κ3) is 4.89. The van der Waals surface area contributed by atoms with E-state index in [1.807, 2.05) is 48.5 Å². The van der Waals surface area contributed by atoms with Gasteiger partial charge in [0.1, 0.15) is 0 Å². The molecule has 0 saturated carbocycles. The van der Waals surface area contributed by atoms with Gasteiger partial charge in [0, 0.05) is 17.5 Å². The van der Waals surface area contributed by atoms with Crippen molar-refractivity contribution >= 4 is 0 Å². The minimum atomic E-state index is -0.477. The molecule has 0 spiro atoms. The minimum Gasteiger partial charge on any atom is -0.504 e. The molecule has 31 heavy (non-hydrogen) atoms. The summed E-state index contributed by atoms with van der Waals surface area (Å²) in [5.74, 6) is -1.05. The summed E-state index contributed by atoms with van der Waals surface area (Å²) in [4.78, 5) is 0. The fourth-order valence-corrected chi connectivity index (χ4v) is 3.87. The van der Waals surface area contributed by atoms with Crippen molar-refractivity contribution in [2.24, 2.45) is 0 Å². The Labute approximate surface area is 182 Å². The van der Waals surface area contributed by atoms with Crippen LogP contribution in [0.25, 0.3) is 11.1 Å². The van der Waals surface area contributed by atoms with Gasteiger partial charge in [-0.05, 0) is 47.6 Å². The summed E-state index contributed by atoms with van der Waals surface area (Å²) in [6.45, 7) is 0. The lowest BCUT2D eigenvalue weighted by molar-refractivity contribution is 0.366. The van der Waals surface area contributed by atoms with Gasteiger partial charge in [-0.15, -0.1) is 0 Å². The van der Waals surface area contributed by atoms with Crippen LogP contribution in [0.3, 0.4) is 0 Å². The van der Waals surface area contributed by atoms with E-state index in [2.05, 4.69) is 36.4 Å². The van der Waals surface area contributed by atoms with E-state index < -0.39 is 5.75 Å². The monoisotopic (exact) mass is 410 g/mol. The highest BCUT2D eigenvalue weighted by Crippen LogP contribution is 2.45. The zero-order chi connectivity index (χ0) is 21.6. The molecule has 0 heterocycles. The van der Waals surface area contributed by atoms with Crippen LogP contribution in [-0.2, 0) is 19.3 Å². The number of phenols is 3. The first-order valence-corrected chi connectivity index (χ1v) is 10.6. The number of aryl methyl sites for hydroxylation is 2. The molecule has 0 bridgehead atoms. The van der Waals surface area contributed by atoms with Gasteiger partial charge in [0.2, 0.25) is 5.75 Å². The van der Waals surface area contributed by atoms with Crippen molar-refractivity contribution in [3.8, 4) is 28.4 Å². The lowest BCUT2D eigenvalue weighted by atomic mass is 9.95. The van der Waals surface area contributed by atoms with Crippen LogP contribution in [0.1, 0.15) is 28.7 Å². The summed E-state index contributed by atoms with van der Waals surface area (Å²) in [7, 11) is 0. The van der Waals surface area contributed by atoms with Crippen LogP contribution in [0, 0.1) is 0 Å². The molecule has 0 radical (unpaired) electrons. The van der Waals surface area contributed by atoms with Gasteiger partial charge in [-0.1, -0.05) is 84.9 Å². The first kappa shape index (κ1) is 20.5. The highest BCUT2D eigenvalue weighted by atomic mass is 16.3. The maximum absolute atomic E-state index is 10.4. The molecule has 0 aromatic heterocycles. The summed E-state index contributed by atoms with van der Waals surface area (Å²) >= 11 is 0. The molecule has 0 aliphatic rings. The number of rotatable bonds is 7. The maximum Gasteiger partial charge on any atom is 0.201 e. The summed E-state index contributed by atoms with van der Waals surface area (Å²) in [6, 6.07) is 30.0. The van der Waals surface area contributed by atoms with E-state index in [0.29, 0.717) is 17.5 Å². The Morgan fingerprint density at radius 1 is 0.516 bits per heavy atom. The van der Waals surface area contributed by atoms with E-state index in [0.717, 1.165) is 30.4 Å². The SMILES string of the molecule is Oc1c(Cc2ccccc2)cc(-c2ccc(CCCc3ccccc3)cc2)c(O)c1O. The fourth-order valence-electron chi connectivity index (χ4n) is 3.87. The second-order valence-corrected chi connectivity index (χ2v) is 7.83. The van der Waals surface area contributed by atoms with Crippen LogP contribution in [0.4, 0.5) is 0 Å². The molecule has 4 aromatic rings. The molecule has 156 valence electrons. The van der Waals surface area contributed by atoms with Gasteiger partial charge in [0.15, 0.2) is 11.5 Å². The van der Waals surface area contributed by atoms with E-state index in [1.54, 1.807) is 6.07 Å². The predicted octanol–water partition coefficient (Wildman–Crippen LogP) is 6.24. The molecule has 3 N–H and O–H groups in total. The second kappa shape index (κ2) is 9.40. The molecular weight excluding hydrogens is 384 g/mol. The Hall–Kier alpha value is -3.72. The van der Waals surface area contributed by atoms with Crippen LogP contribution in [0.5, 0.6) is 17.2 Å². The van der Waals surface area contributed by atoms with Crippen molar-refractivity contribution in [3.05, 3.63) is 113 Å². The molecule has 0 atom stereocenters. The third-order valence-corrected chi connectivity index (χ3v) is 5.60. The minimum absolute atomic E-state index is 0.275. The Balaban J connectivity index is 1.51. The highest BCUT2D eigenvalue weighted by Gasteiger charge is 2.18. The maximum atomic E-state index is 10.4. The van der Waals surface area contributed by atoms with Gasteiger partial charge < -0.3 is 15.3 Å². The van der Waals surface area contributed by atoms with Gasteiger partial charge >= 0.3 is 0 Å². The fraction of sp³-hybridized carbons (Fsp3) is 0.143. The Bertz CT molecular complexity index is 1130. The molecule has 0 aliphatic heterocycles. The normalized spacial score (nSPS) is 10.8. The van der Waals surface area contributed by atoms with Gasteiger partial charge in [0.05, 0.1) is 0 Å². The molecule has 0 fully saturated rings. The van der Waals surface area contributed by atoms with Crippen LogP contribution in [0.2, 0.25) is 0 Å². The molecule has 4 rings (SSSR count). The molecular formula is C28H26O3. The average molecular weight is 411 g/mol. The highest BCUT2D eigenvalue weighted by molar-refractivity contribution is 5.77. The van der Waals surface area contributed by atoms with Crippen molar-refractivity contribution in [3.63, 3.8) is 0 Å². The third-order valence-electron chi connectivity index (χ3n) is 5.60. The van der Waals surface area contributed by atoms with E-state index in [1.165, 1.54) is 11.1 Å². The number of aromatic hydroxyl groups is 3. The molecule has 3 nitrogen and oxygen atoms in total.